The third kappa shape index (κ3) is 5.03. The molecule has 7 nitrogen and oxygen atoms in total. The van der Waals surface area contributed by atoms with Gasteiger partial charge in [0.15, 0.2) is 5.76 Å². The molecule has 0 bridgehead atoms. The van der Waals surface area contributed by atoms with Gasteiger partial charge in [-0.2, -0.15) is 0 Å². The Kier molecular flexibility index (Phi) is 6.06. The van der Waals surface area contributed by atoms with E-state index in [1.807, 2.05) is 0 Å². The fourth-order valence-electron chi connectivity index (χ4n) is 2.32. The number of nitrogens with one attached hydrogen (secondary N) is 2. The van der Waals surface area contributed by atoms with Gasteiger partial charge >= 0.3 is 0 Å². The number of carbonyl (C=O) groups is 1. The van der Waals surface area contributed by atoms with E-state index < -0.39 is 15.8 Å². The molecular weight excluding hydrogens is 441 g/mol. The van der Waals surface area contributed by atoms with E-state index in [9.17, 15) is 17.6 Å². The smallest absolute Gasteiger partial charge is 0.271 e. The Balaban J connectivity index is 1.79. The fourth-order valence-corrected chi connectivity index (χ4v) is 4.78. The summed E-state index contributed by atoms with van der Waals surface area (Å²) in [7, 11) is -3.86. The third-order valence-electron chi connectivity index (χ3n) is 3.63. The molecule has 0 fully saturated rings. The van der Waals surface area contributed by atoms with Gasteiger partial charge in [0.25, 0.3) is 10.0 Å². The van der Waals surface area contributed by atoms with E-state index in [1.165, 1.54) is 25.1 Å². The van der Waals surface area contributed by atoms with Gasteiger partial charge in [-0.05, 0) is 49.4 Å². The molecule has 0 atom stereocenters. The Bertz CT molecular complexity index is 1200. The molecule has 1 aromatic carbocycles. The number of rotatable bonds is 6. The lowest BCUT2D eigenvalue weighted by Gasteiger charge is -2.06. The number of aromatic nitrogens is 1. The second kappa shape index (κ2) is 8.36. The number of thiophene rings is 1. The molecule has 0 unspecified atom stereocenters. The monoisotopic (exact) mass is 455 g/mol. The van der Waals surface area contributed by atoms with Crippen LogP contribution >= 0.6 is 22.9 Å². The van der Waals surface area contributed by atoms with E-state index >= 15 is 0 Å². The van der Waals surface area contributed by atoms with E-state index in [0.717, 1.165) is 17.4 Å². The van der Waals surface area contributed by atoms with Crippen LogP contribution in [0.4, 0.5) is 15.8 Å². The molecule has 0 aliphatic rings. The summed E-state index contributed by atoms with van der Waals surface area (Å²) in [6.45, 7) is 3.06. The standard InChI is InChI=1S/C18H15ClFN3O4S2/c1-10-18(21-11(2)24)16(27-22-10)7-4-13-5-8-17(28-13)29(25,26)23-12-3-6-15(20)14(19)9-12/h3-9,23H,1-2H3,(H,21,24). The van der Waals surface area contributed by atoms with Crippen molar-refractivity contribution in [3.63, 3.8) is 0 Å². The minimum atomic E-state index is -3.86. The lowest BCUT2D eigenvalue weighted by Crippen LogP contribution is -2.11. The van der Waals surface area contributed by atoms with Crippen LogP contribution in [0.15, 0.2) is 39.1 Å². The Morgan fingerprint density at radius 3 is 2.72 bits per heavy atom. The van der Waals surface area contributed by atoms with Crippen molar-refractivity contribution in [2.45, 2.75) is 18.1 Å². The van der Waals surface area contributed by atoms with Crippen LogP contribution in [0.1, 0.15) is 23.3 Å². The molecule has 3 rings (SSSR count). The fraction of sp³-hybridized carbons (Fsp3) is 0.111. The predicted octanol–water partition coefficient (Wildman–Crippen LogP) is 4.77. The molecule has 0 saturated heterocycles. The molecule has 2 N–H and O–H groups in total. The normalized spacial score (nSPS) is 11.7. The molecule has 0 radical (unpaired) electrons. The molecule has 0 spiro atoms. The summed E-state index contributed by atoms with van der Waals surface area (Å²) in [5.74, 6) is -0.559. The summed E-state index contributed by atoms with van der Waals surface area (Å²) in [5, 5.41) is 6.26. The van der Waals surface area contributed by atoms with Crippen molar-refractivity contribution in [2.24, 2.45) is 0 Å². The second-order valence-electron chi connectivity index (χ2n) is 5.91. The number of hydrogen-bond acceptors (Lipinski definition) is 6. The van der Waals surface area contributed by atoms with E-state index in [-0.39, 0.29) is 20.8 Å². The van der Waals surface area contributed by atoms with Crippen molar-refractivity contribution in [3.05, 3.63) is 57.5 Å². The molecule has 11 heteroatoms. The van der Waals surface area contributed by atoms with Crippen molar-refractivity contribution in [3.8, 4) is 0 Å². The largest absolute Gasteiger partial charge is 0.354 e. The highest BCUT2D eigenvalue weighted by atomic mass is 35.5. The molecule has 2 heterocycles. The van der Waals surface area contributed by atoms with Crippen molar-refractivity contribution in [1.82, 2.24) is 5.16 Å². The number of sulfonamides is 1. The quantitative estimate of drug-likeness (QED) is 0.557. The van der Waals surface area contributed by atoms with Gasteiger partial charge in [0.2, 0.25) is 5.91 Å². The average molecular weight is 456 g/mol. The summed E-state index contributed by atoms with van der Waals surface area (Å²) in [4.78, 5) is 11.9. The van der Waals surface area contributed by atoms with Crippen LogP contribution in [0.25, 0.3) is 12.2 Å². The van der Waals surface area contributed by atoms with E-state index in [1.54, 1.807) is 25.1 Å². The minimum absolute atomic E-state index is 0.0634. The number of halogens is 2. The highest BCUT2D eigenvalue weighted by Gasteiger charge is 2.18. The third-order valence-corrected chi connectivity index (χ3v) is 6.84. The van der Waals surface area contributed by atoms with Crippen LogP contribution in [-0.4, -0.2) is 19.5 Å². The zero-order valence-electron chi connectivity index (χ0n) is 15.2. The number of carbonyl (C=O) groups excluding carboxylic acids is 1. The van der Waals surface area contributed by atoms with E-state index in [2.05, 4.69) is 15.2 Å². The topological polar surface area (TPSA) is 101 Å². The van der Waals surface area contributed by atoms with Crippen molar-refractivity contribution in [1.29, 1.82) is 0 Å². The van der Waals surface area contributed by atoms with Gasteiger partial charge in [-0.3, -0.25) is 9.52 Å². The van der Waals surface area contributed by atoms with Crippen LogP contribution in [0.2, 0.25) is 5.02 Å². The summed E-state index contributed by atoms with van der Waals surface area (Å²) >= 11 is 6.70. The maximum atomic E-state index is 13.2. The number of nitrogens with zero attached hydrogens (tertiary/aromatic N) is 1. The minimum Gasteiger partial charge on any atom is -0.354 e. The molecule has 3 aromatic rings. The summed E-state index contributed by atoms with van der Waals surface area (Å²) in [6.07, 6.45) is 3.23. The van der Waals surface area contributed by atoms with E-state index in [0.29, 0.717) is 22.0 Å². The van der Waals surface area contributed by atoms with Crippen LogP contribution in [0.3, 0.4) is 0 Å². The Morgan fingerprint density at radius 1 is 1.28 bits per heavy atom. The average Bonchev–Trinajstić information content (AvgIpc) is 3.24. The van der Waals surface area contributed by atoms with Gasteiger partial charge in [-0.1, -0.05) is 16.8 Å². The zero-order valence-corrected chi connectivity index (χ0v) is 17.6. The van der Waals surface area contributed by atoms with Gasteiger partial charge in [-0.25, -0.2) is 12.8 Å². The van der Waals surface area contributed by atoms with Crippen molar-refractivity contribution in [2.75, 3.05) is 10.0 Å². The summed E-state index contributed by atoms with van der Waals surface area (Å²) < 4.78 is 45.9. The Hall–Kier alpha value is -2.69. The summed E-state index contributed by atoms with van der Waals surface area (Å²) in [5.41, 5.74) is 1.13. The first-order valence-corrected chi connectivity index (χ1v) is 10.8. The molecular formula is C18H15ClFN3O4S2. The molecule has 0 saturated carbocycles. The molecule has 152 valence electrons. The lowest BCUT2D eigenvalue weighted by atomic mass is 10.2. The molecule has 2 aromatic heterocycles. The second-order valence-corrected chi connectivity index (χ2v) is 9.34. The van der Waals surface area contributed by atoms with Crippen molar-refractivity contribution < 1.29 is 22.1 Å². The Labute approximate surface area is 175 Å². The first kappa shape index (κ1) is 21.0. The van der Waals surface area contributed by atoms with Crippen molar-refractivity contribution >= 4 is 62.4 Å². The van der Waals surface area contributed by atoms with Gasteiger partial charge in [0.1, 0.15) is 21.4 Å². The number of aryl methyl sites for hydroxylation is 1. The summed E-state index contributed by atoms with van der Waals surface area (Å²) in [6, 6.07) is 6.61. The number of benzene rings is 1. The zero-order chi connectivity index (χ0) is 21.2. The van der Waals surface area contributed by atoms with Crippen LogP contribution < -0.4 is 10.0 Å². The predicted molar refractivity (Wildman–Crippen MR) is 111 cm³/mol. The molecule has 0 aliphatic carbocycles. The van der Waals surface area contributed by atoms with Crippen LogP contribution in [0.5, 0.6) is 0 Å². The number of hydrogen-bond donors (Lipinski definition) is 2. The molecule has 1 amide bonds. The SMILES string of the molecule is CC(=O)Nc1c(C)noc1C=Cc1ccc(S(=O)(=O)Nc2ccc(F)c(Cl)c2)s1. The highest BCUT2D eigenvalue weighted by Crippen LogP contribution is 2.28. The lowest BCUT2D eigenvalue weighted by molar-refractivity contribution is -0.114. The highest BCUT2D eigenvalue weighted by molar-refractivity contribution is 7.94. The van der Waals surface area contributed by atoms with Gasteiger partial charge in [0.05, 0.1) is 10.7 Å². The molecule has 0 aliphatic heterocycles. The molecule has 29 heavy (non-hydrogen) atoms. The van der Waals surface area contributed by atoms with Crippen LogP contribution in [-0.2, 0) is 14.8 Å². The van der Waals surface area contributed by atoms with Gasteiger partial charge < -0.3 is 9.84 Å². The van der Waals surface area contributed by atoms with Gasteiger partial charge in [-0.15, -0.1) is 11.3 Å². The van der Waals surface area contributed by atoms with Crippen LogP contribution in [0, 0.1) is 12.7 Å². The first-order chi connectivity index (χ1) is 13.7. The maximum absolute atomic E-state index is 13.2. The number of anilines is 2. The maximum Gasteiger partial charge on any atom is 0.271 e. The van der Waals surface area contributed by atoms with Gasteiger partial charge in [0, 0.05) is 11.8 Å². The van der Waals surface area contributed by atoms with E-state index in [4.69, 9.17) is 16.1 Å². The first-order valence-electron chi connectivity index (χ1n) is 8.15. The Morgan fingerprint density at radius 2 is 2.03 bits per heavy atom. The number of amides is 1.